The van der Waals surface area contributed by atoms with E-state index in [9.17, 15) is 36.6 Å². The molecular formula is C43H52F6N4O3. The van der Waals surface area contributed by atoms with Gasteiger partial charge in [0.15, 0.2) is 0 Å². The van der Waals surface area contributed by atoms with Gasteiger partial charge in [0, 0.05) is 35.2 Å². The monoisotopic (exact) mass is 786 g/mol. The van der Waals surface area contributed by atoms with Crippen LogP contribution < -0.4 is 15.8 Å². The van der Waals surface area contributed by atoms with Gasteiger partial charge in [-0.2, -0.15) is 26.3 Å². The number of nitrogens with two attached hydrogens (primary N) is 1. The lowest BCUT2D eigenvalue weighted by molar-refractivity contribution is -0.0953. The SMILES string of the molecule is C=C/C=C(\C=C/CC(O)NCCCCCCCCCN)Cn1c(C(=C)/C=C(\C=C(/C)C(F)(F)F)C(F)(F)F)nc(-c2ccc(O)cc2)c1-c1ccc(OC)cc1. The number of phenolic OH excluding ortho intramolecular Hbond substituents is 1. The number of rotatable bonds is 22. The molecule has 0 radical (unpaired) electrons. The molecule has 0 aliphatic heterocycles. The summed E-state index contributed by atoms with van der Waals surface area (Å²) in [6.07, 6.45) is 4.21. The van der Waals surface area contributed by atoms with Crippen molar-refractivity contribution in [2.75, 3.05) is 20.2 Å². The minimum Gasteiger partial charge on any atom is -0.508 e. The number of halogens is 6. The first-order valence-corrected chi connectivity index (χ1v) is 18.5. The van der Waals surface area contributed by atoms with Crippen molar-refractivity contribution in [1.29, 1.82) is 0 Å². The number of ether oxygens (including phenoxy) is 1. The van der Waals surface area contributed by atoms with Gasteiger partial charge in [-0.05, 0) is 99.1 Å². The average Bonchev–Trinajstić information content (AvgIpc) is 3.52. The fourth-order valence-corrected chi connectivity index (χ4v) is 5.84. The molecule has 0 aliphatic rings. The van der Waals surface area contributed by atoms with E-state index in [2.05, 4.69) is 18.5 Å². The first-order valence-electron chi connectivity index (χ1n) is 18.5. The smallest absolute Gasteiger partial charge is 0.416 e. The molecule has 0 fully saturated rings. The number of aromatic hydroxyl groups is 1. The summed E-state index contributed by atoms with van der Waals surface area (Å²) in [4.78, 5) is 4.75. The normalized spacial score (nSPS) is 13.7. The first-order chi connectivity index (χ1) is 26.6. The van der Waals surface area contributed by atoms with Crippen LogP contribution >= 0.6 is 0 Å². The molecule has 0 bridgehead atoms. The van der Waals surface area contributed by atoms with Gasteiger partial charge in [0.25, 0.3) is 0 Å². The number of hydrogen-bond donors (Lipinski definition) is 4. The van der Waals surface area contributed by atoms with Crippen molar-refractivity contribution < 1.29 is 41.3 Å². The van der Waals surface area contributed by atoms with Crippen molar-refractivity contribution >= 4 is 5.57 Å². The Morgan fingerprint density at radius 1 is 0.911 bits per heavy atom. The summed E-state index contributed by atoms with van der Waals surface area (Å²) in [6.45, 7) is 9.60. The maximum absolute atomic E-state index is 14.2. The van der Waals surface area contributed by atoms with Gasteiger partial charge in [0.1, 0.15) is 23.6 Å². The van der Waals surface area contributed by atoms with Gasteiger partial charge in [-0.3, -0.25) is 5.32 Å². The Morgan fingerprint density at radius 2 is 1.52 bits per heavy atom. The Morgan fingerprint density at radius 3 is 2.09 bits per heavy atom. The number of phenols is 1. The van der Waals surface area contributed by atoms with E-state index in [1.165, 1.54) is 25.3 Å². The molecule has 13 heteroatoms. The molecule has 0 aliphatic carbocycles. The molecule has 0 saturated carbocycles. The Hall–Kier alpha value is -4.85. The summed E-state index contributed by atoms with van der Waals surface area (Å²) in [5, 5.41) is 23.7. The predicted octanol–water partition coefficient (Wildman–Crippen LogP) is 10.6. The van der Waals surface area contributed by atoms with E-state index in [1.54, 1.807) is 59.2 Å². The second kappa shape index (κ2) is 22.0. The molecule has 1 aromatic heterocycles. The number of aliphatic hydroxyl groups is 1. The van der Waals surface area contributed by atoms with Gasteiger partial charge in [0.2, 0.25) is 0 Å². The third-order valence-corrected chi connectivity index (χ3v) is 8.86. The molecule has 56 heavy (non-hydrogen) atoms. The summed E-state index contributed by atoms with van der Waals surface area (Å²) in [5.41, 5.74) is 4.71. The lowest BCUT2D eigenvalue weighted by Gasteiger charge is -2.16. The third-order valence-electron chi connectivity index (χ3n) is 8.86. The van der Waals surface area contributed by atoms with Crippen molar-refractivity contribution in [3.8, 4) is 34.0 Å². The summed E-state index contributed by atoms with van der Waals surface area (Å²) in [7, 11) is 1.50. The van der Waals surface area contributed by atoms with E-state index >= 15 is 0 Å². The highest BCUT2D eigenvalue weighted by atomic mass is 19.4. The van der Waals surface area contributed by atoms with E-state index in [0.29, 0.717) is 59.9 Å². The highest BCUT2D eigenvalue weighted by Crippen LogP contribution is 2.39. The van der Waals surface area contributed by atoms with Crippen molar-refractivity contribution in [2.45, 2.75) is 83.4 Å². The molecule has 0 amide bonds. The van der Waals surface area contributed by atoms with Gasteiger partial charge in [-0.15, -0.1) is 0 Å². The number of alkyl halides is 6. The van der Waals surface area contributed by atoms with Crippen LogP contribution in [0.3, 0.4) is 0 Å². The molecule has 304 valence electrons. The molecular weight excluding hydrogens is 734 g/mol. The number of aliphatic hydroxyl groups excluding tert-OH is 1. The van der Waals surface area contributed by atoms with Crippen LogP contribution in [0.2, 0.25) is 0 Å². The molecule has 2 aromatic carbocycles. The zero-order chi connectivity index (χ0) is 41.3. The zero-order valence-electron chi connectivity index (χ0n) is 31.9. The number of nitrogens with one attached hydrogen (secondary N) is 1. The maximum Gasteiger partial charge on any atom is 0.416 e. The number of hydrogen-bond acceptors (Lipinski definition) is 6. The van der Waals surface area contributed by atoms with E-state index in [-0.39, 0.29) is 36.2 Å². The summed E-state index contributed by atoms with van der Waals surface area (Å²) in [6, 6.07) is 12.9. The molecule has 5 N–H and O–H groups in total. The highest BCUT2D eigenvalue weighted by molar-refractivity contribution is 5.83. The number of imidazole rings is 1. The van der Waals surface area contributed by atoms with Crippen LogP contribution in [-0.2, 0) is 6.54 Å². The molecule has 0 saturated heterocycles. The predicted molar refractivity (Wildman–Crippen MR) is 212 cm³/mol. The van der Waals surface area contributed by atoms with Crippen molar-refractivity contribution in [1.82, 2.24) is 14.9 Å². The lowest BCUT2D eigenvalue weighted by Crippen LogP contribution is -2.28. The second-order valence-corrected chi connectivity index (χ2v) is 13.3. The van der Waals surface area contributed by atoms with E-state index in [0.717, 1.165) is 44.9 Å². The van der Waals surface area contributed by atoms with E-state index in [4.69, 9.17) is 15.5 Å². The van der Waals surface area contributed by atoms with Crippen molar-refractivity contribution in [3.63, 3.8) is 0 Å². The van der Waals surface area contributed by atoms with Crippen LogP contribution in [0.25, 0.3) is 28.1 Å². The lowest BCUT2D eigenvalue weighted by atomic mass is 10.0. The summed E-state index contributed by atoms with van der Waals surface area (Å²) < 4.78 is 89.8. The number of methoxy groups -OCH3 is 1. The number of allylic oxidation sites excluding steroid dienone is 9. The Balaban J connectivity index is 2.06. The molecule has 1 atom stereocenters. The first kappa shape index (κ1) is 45.5. The largest absolute Gasteiger partial charge is 0.508 e. The van der Waals surface area contributed by atoms with Crippen LogP contribution in [0.5, 0.6) is 11.5 Å². The Kier molecular flexibility index (Phi) is 17.9. The molecule has 3 aromatic rings. The third kappa shape index (κ3) is 14.3. The standard InChI is InChI=1S/C43H52F6N4O3/c1-5-14-32(15-13-16-38(55)51-26-12-10-8-6-7-9-11-25-50)29-53-40(34-19-23-37(56-4)24-20-34)39(33-17-21-36(54)22-18-33)52-41(53)30(2)27-35(43(47,48)49)28-31(3)42(44,45)46/h5,13-15,17-24,27-28,38,51,54-55H,1-2,6-12,16,25-26,29,50H2,3-4H3/b15-13-,31-28+,32-14+,35-27+. The minimum absolute atomic E-state index is 0.00470. The molecule has 3 rings (SSSR count). The average molecular weight is 787 g/mol. The van der Waals surface area contributed by atoms with Gasteiger partial charge in [-0.25, -0.2) is 4.98 Å². The van der Waals surface area contributed by atoms with Gasteiger partial charge in [0.05, 0.1) is 24.1 Å². The van der Waals surface area contributed by atoms with Crippen LogP contribution in [0, 0.1) is 0 Å². The molecule has 7 nitrogen and oxygen atoms in total. The fraction of sp³-hybridized carbons (Fsp3) is 0.372. The van der Waals surface area contributed by atoms with Gasteiger partial charge in [-0.1, -0.05) is 69.6 Å². The topological polar surface area (TPSA) is 106 Å². The van der Waals surface area contributed by atoms with Gasteiger partial charge < -0.3 is 25.3 Å². The fourth-order valence-electron chi connectivity index (χ4n) is 5.84. The van der Waals surface area contributed by atoms with Crippen molar-refractivity contribution in [3.05, 3.63) is 121 Å². The Labute approximate surface area is 325 Å². The quantitative estimate of drug-likeness (QED) is 0.0350. The Bertz CT molecular complexity index is 1840. The highest BCUT2D eigenvalue weighted by Gasteiger charge is 2.37. The second-order valence-electron chi connectivity index (χ2n) is 13.3. The summed E-state index contributed by atoms with van der Waals surface area (Å²) in [5.74, 6) is 0.462. The number of benzene rings is 2. The zero-order valence-corrected chi connectivity index (χ0v) is 31.9. The molecule has 0 spiro atoms. The van der Waals surface area contributed by atoms with Gasteiger partial charge >= 0.3 is 12.4 Å². The summed E-state index contributed by atoms with van der Waals surface area (Å²) >= 11 is 0. The molecule has 1 unspecified atom stereocenters. The van der Waals surface area contributed by atoms with E-state index in [1.807, 2.05) is 0 Å². The number of unbranched alkanes of at least 4 members (excludes halogenated alkanes) is 6. The van der Waals surface area contributed by atoms with Crippen LogP contribution in [0.1, 0.15) is 64.1 Å². The maximum atomic E-state index is 14.2. The van der Waals surface area contributed by atoms with Crippen LogP contribution in [0.15, 0.2) is 115 Å². The minimum atomic E-state index is -5.15. The number of nitrogens with zero attached hydrogens (tertiary/aromatic N) is 2. The molecule has 1 heterocycles. The number of aromatic nitrogens is 2. The van der Waals surface area contributed by atoms with Crippen LogP contribution in [-0.4, -0.2) is 58.5 Å². The van der Waals surface area contributed by atoms with E-state index < -0.39 is 29.7 Å². The van der Waals surface area contributed by atoms with Crippen molar-refractivity contribution in [2.24, 2.45) is 5.73 Å². The van der Waals surface area contributed by atoms with Crippen LogP contribution in [0.4, 0.5) is 26.3 Å².